The zero-order valence-corrected chi connectivity index (χ0v) is 20.0. The maximum absolute atomic E-state index is 13.2. The Hall–Kier alpha value is -2.98. The van der Waals surface area contributed by atoms with Crippen molar-refractivity contribution in [3.05, 3.63) is 83.1 Å². The molecule has 7 nitrogen and oxygen atoms in total. The van der Waals surface area contributed by atoms with Gasteiger partial charge in [-0.3, -0.25) is 9.88 Å². The van der Waals surface area contributed by atoms with Crippen LogP contribution in [0.25, 0.3) is 21.8 Å². The van der Waals surface area contributed by atoms with E-state index in [4.69, 9.17) is 0 Å². The van der Waals surface area contributed by atoms with Gasteiger partial charge in [-0.15, -0.1) is 11.3 Å². The number of hydrogen-bond donors (Lipinski definition) is 2. The fourth-order valence-corrected chi connectivity index (χ4v) is 6.01. The van der Waals surface area contributed by atoms with Crippen LogP contribution in [0.15, 0.2) is 77.5 Å². The Bertz CT molecular complexity index is 1500. The molecule has 5 aromatic rings. The van der Waals surface area contributed by atoms with Gasteiger partial charge in [0.25, 0.3) is 0 Å². The van der Waals surface area contributed by atoms with Crippen molar-refractivity contribution >= 4 is 43.2 Å². The number of hydrogen-bond acceptors (Lipinski definition) is 5. The largest absolute Gasteiger partial charge is 0.361 e. The van der Waals surface area contributed by atoms with Crippen LogP contribution in [0.3, 0.4) is 0 Å². The van der Waals surface area contributed by atoms with Crippen molar-refractivity contribution in [3.63, 3.8) is 0 Å². The number of fused-ring (bicyclic) bond motifs is 2. The van der Waals surface area contributed by atoms with Crippen LogP contribution in [0.5, 0.6) is 0 Å². The Morgan fingerprint density at radius 1 is 1.21 bits per heavy atom. The molecule has 2 aromatic carbocycles. The highest BCUT2D eigenvalue weighted by Crippen LogP contribution is 2.30. The average Bonchev–Trinajstić information content (AvgIpc) is 3.55. The molecule has 0 spiro atoms. The second kappa shape index (κ2) is 8.75. The summed E-state index contributed by atoms with van der Waals surface area (Å²) < 4.78 is 31.3. The topological polar surface area (TPSA) is 83.0 Å². The fraction of sp³-hybridized carbons (Fsp3) is 0.208. The van der Waals surface area contributed by atoms with Crippen LogP contribution in [0, 0.1) is 0 Å². The smallest absolute Gasteiger partial charge is 0.240 e. The summed E-state index contributed by atoms with van der Waals surface area (Å²) in [6, 6.07) is 15.1. The number of sulfonamides is 1. The number of benzene rings is 2. The maximum Gasteiger partial charge on any atom is 0.240 e. The molecule has 0 amide bonds. The average molecular weight is 480 g/mol. The van der Waals surface area contributed by atoms with Crippen LogP contribution in [0.4, 0.5) is 0 Å². The predicted octanol–water partition coefficient (Wildman–Crippen LogP) is 4.27. The number of rotatable bonds is 8. The zero-order valence-electron chi connectivity index (χ0n) is 18.4. The molecule has 0 fully saturated rings. The lowest BCUT2D eigenvalue weighted by Crippen LogP contribution is -2.36. The molecule has 9 heteroatoms. The minimum Gasteiger partial charge on any atom is -0.361 e. The number of aryl methyl sites for hydroxylation is 1. The first-order chi connectivity index (χ1) is 15.9. The number of aromatic amines is 1. The quantitative estimate of drug-likeness (QED) is 0.348. The van der Waals surface area contributed by atoms with E-state index in [1.165, 1.54) is 0 Å². The molecule has 3 aromatic heterocycles. The van der Waals surface area contributed by atoms with Crippen LogP contribution in [-0.4, -0.2) is 41.4 Å². The Kier molecular flexibility index (Phi) is 5.79. The first-order valence-electron chi connectivity index (χ1n) is 10.6. The number of nitrogens with zero attached hydrogens (tertiary/aromatic N) is 3. The Labute approximate surface area is 196 Å². The molecule has 1 atom stereocenters. The monoisotopic (exact) mass is 479 g/mol. The van der Waals surface area contributed by atoms with Gasteiger partial charge in [0.15, 0.2) is 0 Å². The second-order valence-corrected chi connectivity index (χ2v) is 10.9. The third-order valence-corrected chi connectivity index (χ3v) is 8.20. The van der Waals surface area contributed by atoms with E-state index in [-0.39, 0.29) is 17.5 Å². The van der Waals surface area contributed by atoms with Gasteiger partial charge in [-0.05, 0) is 42.3 Å². The highest BCUT2D eigenvalue weighted by molar-refractivity contribution is 7.89. The number of nitrogens with one attached hydrogen (secondary N) is 2. The molecule has 0 aliphatic rings. The van der Waals surface area contributed by atoms with E-state index in [9.17, 15) is 8.42 Å². The summed E-state index contributed by atoms with van der Waals surface area (Å²) in [6.45, 7) is 0.920. The van der Waals surface area contributed by atoms with E-state index < -0.39 is 10.0 Å². The van der Waals surface area contributed by atoms with Crippen molar-refractivity contribution in [2.24, 2.45) is 7.05 Å². The van der Waals surface area contributed by atoms with Gasteiger partial charge in [-0.1, -0.05) is 24.3 Å². The molecular formula is C24H25N5O2S2. The second-order valence-electron chi connectivity index (χ2n) is 8.19. The van der Waals surface area contributed by atoms with Crippen molar-refractivity contribution in [1.82, 2.24) is 24.2 Å². The molecule has 0 radical (unpaired) electrons. The van der Waals surface area contributed by atoms with E-state index in [1.807, 2.05) is 50.1 Å². The summed E-state index contributed by atoms with van der Waals surface area (Å²) in [5.41, 5.74) is 4.81. The van der Waals surface area contributed by atoms with E-state index in [2.05, 4.69) is 42.5 Å². The van der Waals surface area contributed by atoms with Gasteiger partial charge in [0.2, 0.25) is 10.0 Å². The van der Waals surface area contributed by atoms with Crippen molar-refractivity contribution in [2.45, 2.75) is 17.5 Å². The normalized spacial score (nSPS) is 13.3. The summed E-state index contributed by atoms with van der Waals surface area (Å²) in [6.07, 6.45) is 5.76. The van der Waals surface area contributed by atoms with Gasteiger partial charge >= 0.3 is 0 Å². The highest BCUT2D eigenvalue weighted by atomic mass is 32.2. The number of aromatic nitrogens is 3. The standard InChI is InChI=1S/C24H25N5O2S2/c1-28(14-18-12-25-16-32-18)24(21-15-29(2)23-6-4-3-5-20(21)23)13-27-33(30,31)19-8-7-17-9-10-26-22(17)11-19/h3-12,15-16,24,26-27H,13-14H2,1-2H3/t24-/m0/s1. The molecule has 5 rings (SSSR count). The number of H-pyrrole nitrogens is 1. The molecule has 0 aliphatic carbocycles. The number of para-hydroxylation sites is 1. The molecule has 0 saturated heterocycles. The Morgan fingerprint density at radius 2 is 2.06 bits per heavy atom. The van der Waals surface area contributed by atoms with Crippen LogP contribution >= 0.6 is 11.3 Å². The van der Waals surface area contributed by atoms with E-state index in [0.717, 1.165) is 32.2 Å². The van der Waals surface area contributed by atoms with Crippen molar-refractivity contribution < 1.29 is 8.42 Å². The molecule has 0 aliphatic heterocycles. The third kappa shape index (κ3) is 4.32. The molecule has 0 bridgehead atoms. The molecule has 3 heterocycles. The van der Waals surface area contributed by atoms with Gasteiger partial charge < -0.3 is 9.55 Å². The first kappa shape index (κ1) is 21.8. The number of likely N-dealkylation sites (N-methyl/N-ethyl adjacent to an activating group) is 1. The van der Waals surface area contributed by atoms with Crippen molar-refractivity contribution in [2.75, 3.05) is 13.6 Å². The minimum atomic E-state index is -3.69. The molecule has 2 N–H and O–H groups in total. The van der Waals surface area contributed by atoms with E-state index in [1.54, 1.807) is 29.7 Å². The highest BCUT2D eigenvalue weighted by Gasteiger charge is 2.25. The van der Waals surface area contributed by atoms with E-state index >= 15 is 0 Å². The summed E-state index contributed by atoms with van der Waals surface area (Å²) in [7, 11) is 0.347. The molecule has 0 saturated carbocycles. The van der Waals surface area contributed by atoms with Crippen LogP contribution in [0.1, 0.15) is 16.5 Å². The van der Waals surface area contributed by atoms with Crippen LogP contribution in [0.2, 0.25) is 0 Å². The molecular weight excluding hydrogens is 454 g/mol. The lowest BCUT2D eigenvalue weighted by molar-refractivity contribution is 0.240. The van der Waals surface area contributed by atoms with E-state index in [0.29, 0.717) is 6.54 Å². The third-order valence-electron chi connectivity index (χ3n) is 6.01. The SMILES string of the molecule is CN(Cc1cncs1)[C@@H](CNS(=O)(=O)c1ccc2cc[nH]c2c1)c1cn(C)c2ccccc12. The van der Waals surface area contributed by atoms with Crippen LogP contribution in [-0.2, 0) is 23.6 Å². The summed E-state index contributed by atoms with van der Waals surface area (Å²) >= 11 is 1.60. The molecule has 170 valence electrons. The van der Waals surface area contributed by atoms with Gasteiger partial charge in [-0.25, -0.2) is 13.1 Å². The summed E-state index contributed by atoms with van der Waals surface area (Å²) in [5.74, 6) is 0. The van der Waals surface area contributed by atoms with Crippen molar-refractivity contribution in [3.8, 4) is 0 Å². The molecule has 33 heavy (non-hydrogen) atoms. The lowest BCUT2D eigenvalue weighted by atomic mass is 10.0. The van der Waals surface area contributed by atoms with Gasteiger partial charge in [0.1, 0.15) is 0 Å². The summed E-state index contributed by atoms with van der Waals surface area (Å²) in [5, 5.41) is 2.10. The predicted molar refractivity (Wildman–Crippen MR) is 133 cm³/mol. The van der Waals surface area contributed by atoms with Crippen molar-refractivity contribution in [1.29, 1.82) is 0 Å². The number of thiazole rings is 1. The summed E-state index contributed by atoms with van der Waals surface area (Å²) in [4.78, 5) is 10.8. The first-order valence-corrected chi connectivity index (χ1v) is 13.0. The Balaban J connectivity index is 1.47. The fourth-order valence-electron chi connectivity index (χ4n) is 4.28. The molecule has 0 unspecified atom stereocenters. The minimum absolute atomic E-state index is 0.165. The van der Waals surface area contributed by atoms with Gasteiger partial charge in [0.05, 0.1) is 16.4 Å². The van der Waals surface area contributed by atoms with Gasteiger partial charge in [0, 0.05) is 60.0 Å². The van der Waals surface area contributed by atoms with Gasteiger partial charge in [-0.2, -0.15) is 0 Å². The zero-order chi connectivity index (χ0) is 23.0. The Morgan fingerprint density at radius 3 is 2.88 bits per heavy atom. The van der Waals surface area contributed by atoms with Crippen LogP contribution < -0.4 is 4.72 Å². The lowest BCUT2D eigenvalue weighted by Gasteiger charge is -2.28. The maximum atomic E-state index is 13.2.